The summed E-state index contributed by atoms with van der Waals surface area (Å²) in [4.78, 5) is 1.19. The van der Waals surface area contributed by atoms with E-state index >= 15 is 0 Å². The van der Waals surface area contributed by atoms with E-state index in [1.165, 1.54) is 23.3 Å². The lowest BCUT2D eigenvalue weighted by molar-refractivity contribution is 0.305. The van der Waals surface area contributed by atoms with Gasteiger partial charge in [-0.1, -0.05) is 0 Å². The maximum Gasteiger partial charge on any atom is 0.148 e. The van der Waals surface area contributed by atoms with Crippen molar-refractivity contribution < 1.29 is 4.74 Å². The Labute approximate surface area is 153 Å². The van der Waals surface area contributed by atoms with E-state index in [9.17, 15) is 0 Å². The van der Waals surface area contributed by atoms with Crippen molar-refractivity contribution in [2.45, 2.75) is 32.0 Å². The van der Waals surface area contributed by atoms with Crippen molar-refractivity contribution in [3.8, 4) is 5.75 Å². The van der Waals surface area contributed by atoms with E-state index in [1.807, 2.05) is 6.07 Å². The van der Waals surface area contributed by atoms with E-state index < -0.39 is 0 Å². The molecule has 3 rings (SSSR count). The van der Waals surface area contributed by atoms with Crippen molar-refractivity contribution >= 4 is 59.1 Å². The summed E-state index contributed by atoms with van der Waals surface area (Å²) in [7, 11) is 0. The van der Waals surface area contributed by atoms with Gasteiger partial charge in [-0.2, -0.15) is 0 Å². The monoisotopic (exact) mass is 493 g/mol. The lowest BCUT2D eigenvalue weighted by atomic mass is 10.2. The maximum atomic E-state index is 5.95. The molecule has 0 radical (unpaired) electrons. The van der Waals surface area contributed by atoms with Crippen LogP contribution in [0.3, 0.4) is 0 Å². The Kier molecular flexibility index (Phi) is 5.43. The zero-order valence-electron chi connectivity index (χ0n) is 11.2. The van der Waals surface area contributed by atoms with Gasteiger partial charge in [-0.05, 0) is 89.8 Å². The summed E-state index contributed by atoms with van der Waals surface area (Å²) in [5.41, 5.74) is 1.25. The first-order valence-corrected chi connectivity index (χ1v) is 9.95. The Balaban J connectivity index is 1.68. The Morgan fingerprint density at radius 1 is 1.14 bits per heavy atom. The van der Waals surface area contributed by atoms with Crippen LogP contribution in [0.5, 0.6) is 5.75 Å². The summed E-state index contributed by atoms with van der Waals surface area (Å²) in [5.74, 6) is 0.852. The minimum atomic E-state index is 0.565. The van der Waals surface area contributed by atoms with E-state index in [1.54, 1.807) is 11.3 Å². The first kappa shape index (κ1) is 16.0. The molecule has 6 heteroatoms. The van der Waals surface area contributed by atoms with Crippen LogP contribution < -0.4 is 10.1 Å². The van der Waals surface area contributed by atoms with Crippen LogP contribution in [0.15, 0.2) is 37.0 Å². The number of nitrogens with one attached hydrogen (secondary N) is 1. The summed E-state index contributed by atoms with van der Waals surface area (Å²) >= 11 is 12.4. The van der Waals surface area contributed by atoms with E-state index in [0.717, 1.165) is 31.8 Å². The third-order valence-corrected chi connectivity index (χ3v) is 6.35. The molecule has 1 aliphatic carbocycles. The van der Waals surface area contributed by atoms with Crippen LogP contribution in [-0.2, 0) is 13.2 Å². The van der Waals surface area contributed by atoms with Crippen molar-refractivity contribution in [2.75, 3.05) is 0 Å². The lowest BCUT2D eigenvalue weighted by Crippen LogP contribution is -2.15. The lowest BCUT2D eigenvalue weighted by Gasteiger charge is -2.12. The highest BCUT2D eigenvalue weighted by molar-refractivity contribution is 9.11. The van der Waals surface area contributed by atoms with Crippen LogP contribution in [0.2, 0.25) is 0 Å². The van der Waals surface area contributed by atoms with Gasteiger partial charge in [0.15, 0.2) is 0 Å². The molecule has 1 aliphatic rings. The van der Waals surface area contributed by atoms with E-state index in [0.29, 0.717) is 6.61 Å². The van der Waals surface area contributed by atoms with Crippen molar-refractivity contribution in [3.63, 3.8) is 0 Å². The largest absolute Gasteiger partial charge is 0.486 e. The molecule has 0 atom stereocenters. The van der Waals surface area contributed by atoms with Gasteiger partial charge in [0.2, 0.25) is 0 Å². The van der Waals surface area contributed by atoms with Gasteiger partial charge in [0.1, 0.15) is 12.4 Å². The average molecular weight is 496 g/mol. The Hall–Kier alpha value is 0.120. The summed E-state index contributed by atoms with van der Waals surface area (Å²) in [6.07, 6.45) is 2.61. The van der Waals surface area contributed by atoms with Crippen LogP contribution in [0.4, 0.5) is 0 Å². The van der Waals surface area contributed by atoms with Crippen molar-refractivity contribution in [1.82, 2.24) is 5.32 Å². The Morgan fingerprint density at radius 3 is 2.43 bits per heavy atom. The zero-order valence-corrected chi connectivity index (χ0v) is 16.7. The molecule has 1 aromatic carbocycles. The molecule has 2 aromatic rings. The van der Waals surface area contributed by atoms with Crippen molar-refractivity contribution in [3.05, 3.63) is 47.4 Å². The number of rotatable bonds is 6. The number of ether oxygens (including phenoxy) is 1. The smallest absolute Gasteiger partial charge is 0.148 e. The second kappa shape index (κ2) is 7.13. The van der Waals surface area contributed by atoms with E-state index in [2.05, 4.69) is 70.6 Å². The minimum Gasteiger partial charge on any atom is -0.486 e. The van der Waals surface area contributed by atoms with Gasteiger partial charge in [0.05, 0.1) is 13.8 Å². The molecule has 0 saturated heterocycles. The molecule has 0 bridgehead atoms. The van der Waals surface area contributed by atoms with Crippen LogP contribution in [0.25, 0.3) is 0 Å². The summed E-state index contributed by atoms with van der Waals surface area (Å²) < 4.78 is 9.02. The molecule has 1 fully saturated rings. The molecular weight excluding hydrogens is 482 g/mol. The van der Waals surface area contributed by atoms with Crippen LogP contribution in [-0.4, -0.2) is 6.04 Å². The molecule has 1 N–H and O–H groups in total. The highest BCUT2D eigenvalue weighted by Gasteiger charge is 2.20. The number of hydrogen-bond acceptors (Lipinski definition) is 3. The van der Waals surface area contributed by atoms with E-state index in [-0.39, 0.29) is 0 Å². The third kappa shape index (κ3) is 4.32. The minimum absolute atomic E-state index is 0.565. The van der Waals surface area contributed by atoms with Gasteiger partial charge in [-0.25, -0.2) is 0 Å². The molecule has 1 heterocycles. The molecule has 112 valence electrons. The first-order valence-electron chi connectivity index (χ1n) is 6.69. The van der Waals surface area contributed by atoms with Crippen LogP contribution in [0.1, 0.15) is 23.3 Å². The maximum absolute atomic E-state index is 5.95. The molecule has 0 spiro atoms. The second-order valence-corrected chi connectivity index (χ2v) is 8.59. The summed E-state index contributed by atoms with van der Waals surface area (Å²) in [5, 5.41) is 5.58. The molecule has 1 aromatic heterocycles. The van der Waals surface area contributed by atoms with Gasteiger partial charge in [-0.15, -0.1) is 11.3 Å². The normalized spacial score (nSPS) is 14.4. The fraction of sp³-hybridized carbons (Fsp3) is 0.333. The molecule has 0 amide bonds. The SMILES string of the molecule is Brc1ccsc1COc1c(Br)cc(CNC2CC2)cc1Br. The highest BCUT2D eigenvalue weighted by Crippen LogP contribution is 2.36. The van der Waals surface area contributed by atoms with E-state index in [4.69, 9.17) is 4.74 Å². The molecular formula is C15H14Br3NOS. The van der Waals surface area contributed by atoms with Crippen LogP contribution >= 0.6 is 59.1 Å². The average Bonchev–Trinajstić information content (AvgIpc) is 3.18. The first-order chi connectivity index (χ1) is 10.1. The topological polar surface area (TPSA) is 21.3 Å². The highest BCUT2D eigenvalue weighted by atomic mass is 79.9. The van der Waals surface area contributed by atoms with Gasteiger partial charge in [0, 0.05) is 17.1 Å². The number of thiophene rings is 1. The van der Waals surface area contributed by atoms with Crippen molar-refractivity contribution in [1.29, 1.82) is 0 Å². The van der Waals surface area contributed by atoms with Gasteiger partial charge in [-0.3, -0.25) is 0 Å². The molecule has 0 unspecified atom stereocenters. The molecule has 0 aliphatic heterocycles. The Morgan fingerprint density at radius 2 is 1.86 bits per heavy atom. The number of benzene rings is 1. The Bertz CT molecular complexity index is 617. The fourth-order valence-electron chi connectivity index (χ4n) is 1.97. The quantitative estimate of drug-likeness (QED) is 0.541. The second-order valence-electron chi connectivity index (χ2n) is 5.02. The van der Waals surface area contributed by atoms with Gasteiger partial charge < -0.3 is 10.1 Å². The fourth-order valence-corrected chi connectivity index (χ4v) is 4.86. The van der Waals surface area contributed by atoms with Crippen LogP contribution in [0, 0.1) is 0 Å². The number of hydrogen-bond donors (Lipinski definition) is 1. The van der Waals surface area contributed by atoms with Crippen molar-refractivity contribution in [2.24, 2.45) is 0 Å². The summed E-state index contributed by atoms with van der Waals surface area (Å²) in [6, 6.07) is 7.01. The predicted molar refractivity (Wildman–Crippen MR) is 98.1 cm³/mol. The molecule has 21 heavy (non-hydrogen) atoms. The molecule has 1 saturated carbocycles. The number of halogens is 3. The standard InChI is InChI=1S/C15H14Br3NOS/c16-11-3-4-21-14(11)8-20-15-12(17)5-9(6-13(15)18)7-19-10-1-2-10/h3-6,10,19H,1-2,7-8H2. The predicted octanol–water partition coefficient (Wildman–Crippen LogP) is 5.87. The van der Waals surface area contributed by atoms with Gasteiger partial charge >= 0.3 is 0 Å². The third-order valence-electron chi connectivity index (χ3n) is 3.27. The zero-order chi connectivity index (χ0) is 14.8. The van der Waals surface area contributed by atoms with Gasteiger partial charge in [0.25, 0.3) is 0 Å². The molecule has 2 nitrogen and oxygen atoms in total. The summed E-state index contributed by atoms with van der Waals surface area (Å²) in [6.45, 7) is 1.47.